The van der Waals surface area contributed by atoms with Crippen molar-refractivity contribution in [3.05, 3.63) is 48.5 Å². The zero-order chi connectivity index (χ0) is 20.4. The summed E-state index contributed by atoms with van der Waals surface area (Å²) in [6.07, 6.45) is 3.00. The van der Waals surface area contributed by atoms with Gasteiger partial charge in [0, 0.05) is 45.1 Å². The Morgan fingerprint density at radius 2 is 1.79 bits per heavy atom. The molecule has 1 fully saturated rings. The number of rotatable bonds is 5. The lowest BCUT2D eigenvalue weighted by molar-refractivity contribution is 0.382. The maximum absolute atomic E-state index is 12.7. The molecule has 1 aliphatic rings. The van der Waals surface area contributed by atoms with E-state index in [4.69, 9.17) is 0 Å². The van der Waals surface area contributed by atoms with E-state index in [2.05, 4.69) is 25.5 Å². The van der Waals surface area contributed by atoms with Crippen molar-refractivity contribution >= 4 is 27.5 Å². The molecule has 4 heterocycles. The number of aromatic nitrogens is 5. The SMILES string of the molecule is Cc1cccc(Nc2ccc(N3CCN(S(=O)(=O)c4cn(C)cn4)CC3)nn2)n1. The second-order valence-corrected chi connectivity index (χ2v) is 8.72. The van der Waals surface area contributed by atoms with Gasteiger partial charge in [-0.3, -0.25) is 0 Å². The summed E-state index contributed by atoms with van der Waals surface area (Å²) in [5, 5.41) is 11.7. The van der Waals surface area contributed by atoms with Gasteiger partial charge in [-0.2, -0.15) is 4.31 Å². The summed E-state index contributed by atoms with van der Waals surface area (Å²) in [7, 11) is -1.82. The van der Waals surface area contributed by atoms with Crippen LogP contribution in [-0.4, -0.2) is 63.6 Å². The Hall–Kier alpha value is -3.05. The van der Waals surface area contributed by atoms with Crippen molar-refractivity contribution in [3.63, 3.8) is 0 Å². The smallest absolute Gasteiger partial charge is 0.262 e. The van der Waals surface area contributed by atoms with Crippen molar-refractivity contribution in [1.82, 2.24) is 29.0 Å². The van der Waals surface area contributed by atoms with E-state index in [-0.39, 0.29) is 5.03 Å². The molecule has 0 aliphatic carbocycles. The molecule has 4 rings (SSSR count). The first kappa shape index (κ1) is 19.3. The molecule has 29 heavy (non-hydrogen) atoms. The molecule has 0 atom stereocenters. The summed E-state index contributed by atoms with van der Waals surface area (Å²) >= 11 is 0. The largest absolute Gasteiger partial charge is 0.352 e. The summed E-state index contributed by atoms with van der Waals surface area (Å²) in [5.41, 5.74) is 0.915. The molecule has 3 aromatic heterocycles. The van der Waals surface area contributed by atoms with Crippen molar-refractivity contribution in [3.8, 4) is 0 Å². The standard InChI is InChI=1S/C18H22N8O2S/c1-14-4-3-5-15(20-14)21-16-6-7-17(23-22-16)25-8-10-26(11-9-25)29(27,28)18-12-24(2)13-19-18/h3-7,12-13H,8-11H2,1-2H3,(H,20,21,22). The van der Waals surface area contributed by atoms with Gasteiger partial charge in [0.15, 0.2) is 16.7 Å². The maximum atomic E-state index is 12.7. The zero-order valence-corrected chi connectivity index (χ0v) is 17.0. The molecule has 0 radical (unpaired) electrons. The lowest BCUT2D eigenvalue weighted by Gasteiger charge is -2.33. The van der Waals surface area contributed by atoms with Gasteiger partial charge in [-0.15, -0.1) is 10.2 Å². The van der Waals surface area contributed by atoms with E-state index in [1.54, 1.807) is 11.6 Å². The van der Waals surface area contributed by atoms with Gasteiger partial charge in [0.25, 0.3) is 10.0 Å². The minimum absolute atomic E-state index is 0.0772. The van der Waals surface area contributed by atoms with Crippen LogP contribution in [0.25, 0.3) is 0 Å². The summed E-state index contributed by atoms with van der Waals surface area (Å²) in [4.78, 5) is 10.4. The Bertz CT molecular complexity index is 1090. The van der Waals surface area contributed by atoms with E-state index in [9.17, 15) is 8.42 Å². The molecule has 3 aromatic rings. The van der Waals surface area contributed by atoms with E-state index < -0.39 is 10.0 Å². The molecule has 0 bridgehead atoms. The highest BCUT2D eigenvalue weighted by molar-refractivity contribution is 7.89. The van der Waals surface area contributed by atoms with E-state index in [1.807, 2.05) is 42.2 Å². The van der Waals surface area contributed by atoms with Crippen LogP contribution in [0.15, 0.2) is 47.9 Å². The van der Waals surface area contributed by atoms with Crippen molar-refractivity contribution in [2.45, 2.75) is 11.9 Å². The van der Waals surface area contributed by atoms with Crippen LogP contribution in [0.3, 0.4) is 0 Å². The highest BCUT2D eigenvalue weighted by Crippen LogP contribution is 2.20. The second kappa shape index (κ2) is 7.76. The third-order valence-corrected chi connectivity index (χ3v) is 6.43. The predicted molar refractivity (Wildman–Crippen MR) is 108 cm³/mol. The summed E-state index contributed by atoms with van der Waals surface area (Å²) in [6.45, 7) is 3.73. The van der Waals surface area contributed by atoms with Gasteiger partial charge in [-0.25, -0.2) is 18.4 Å². The normalized spacial score (nSPS) is 15.4. The van der Waals surface area contributed by atoms with Crippen LogP contribution in [-0.2, 0) is 17.1 Å². The second-order valence-electron chi connectivity index (χ2n) is 6.83. The van der Waals surface area contributed by atoms with Gasteiger partial charge >= 0.3 is 0 Å². The highest BCUT2D eigenvalue weighted by atomic mass is 32.2. The van der Waals surface area contributed by atoms with Crippen LogP contribution in [0.2, 0.25) is 0 Å². The van der Waals surface area contributed by atoms with Gasteiger partial charge in [0.05, 0.1) is 6.33 Å². The lowest BCUT2D eigenvalue weighted by atomic mass is 10.3. The number of pyridine rings is 1. The predicted octanol–water partition coefficient (Wildman–Crippen LogP) is 1.17. The van der Waals surface area contributed by atoms with Gasteiger partial charge in [0.2, 0.25) is 0 Å². The number of hydrogen-bond acceptors (Lipinski definition) is 8. The number of anilines is 3. The first-order chi connectivity index (χ1) is 13.9. The maximum Gasteiger partial charge on any atom is 0.262 e. The monoisotopic (exact) mass is 414 g/mol. The fourth-order valence-electron chi connectivity index (χ4n) is 3.12. The Morgan fingerprint density at radius 3 is 2.41 bits per heavy atom. The fraction of sp³-hybridized carbons (Fsp3) is 0.333. The lowest BCUT2D eigenvalue weighted by Crippen LogP contribution is -2.49. The summed E-state index contributed by atoms with van der Waals surface area (Å²) in [5.74, 6) is 2.02. The van der Waals surface area contributed by atoms with Crippen LogP contribution in [0, 0.1) is 6.92 Å². The number of piperazine rings is 1. The molecule has 1 saturated heterocycles. The summed E-state index contributed by atoms with van der Waals surface area (Å²) < 4.78 is 28.4. The van der Waals surface area contributed by atoms with E-state index in [0.29, 0.717) is 43.6 Å². The van der Waals surface area contributed by atoms with Crippen molar-refractivity contribution in [2.75, 3.05) is 36.4 Å². The van der Waals surface area contributed by atoms with Gasteiger partial charge in [0.1, 0.15) is 5.82 Å². The molecular weight excluding hydrogens is 392 g/mol. The Balaban J connectivity index is 1.38. The first-order valence-corrected chi connectivity index (χ1v) is 10.6. The van der Waals surface area contributed by atoms with Gasteiger partial charge in [-0.1, -0.05) is 6.07 Å². The molecule has 0 amide bonds. The third-order valence-electron chi connectivity index (χ3n) is 4.64. The number of hydrogen-bond donors (Lipinski definition) is 1. The number of aryl methyl sites for hydroxylation is 2. The molecular formula is C18H22N8O2S. The molecule has 10 nitrogen and oxygen atoms in total. The van der Waals surface area contributed by atoms with Crippen molar-refractivity contribution < 1.29 is 8.42 Å². The van der Waals surface area contributed by atoms with E-state index in [0.717, 1.165) is 5.69 Å². The average Bonchev–Trinajstić information content (AvgIpc) is 3.16. The molecule has 1 N–H and O–H groups in total. The van der Waals surface area contributed by atoms with Crippen LogP contribution < -0.4 is 10.2 Å². The van der Waals surface area contributed by atoms with E-state index >= 15 is 0 Å². The molecule has 0 saturated carbocycles. The average molecular weight is 414 g/mol. The molecule has 0 unspecified atom stereocenters. The Kier molecular flexibility index (Phi) is 5.16. The quantitative estimate of drug-likeness (QED) is 0.663. The highest BCUT2D eigenvalue weighted by Gasteiger charge is 2.30. The number of nitrogens with one attached hydrogen (secondary N) is 1. The molecule has 11 heteroatoms. The minimum atomic E-state index is -3.57. The Morgan fingerprint density at radius 1 is 1.00 bits per heavy atom. The molecule has 0 spiro atoms. The molecule has 152 valence electrons. The van der Waals surface area contributed by atoms with Crippen LogP contribution in [0.1, 0.15) is 5.69 Å². The van der Waals surface area contributed by atoms with Crippen molar-refractivity contribution in [1.29, 1.82) is 0 Å². The van der Waals surface area contributed by atoms with Crippen LogP contribution in [0.5, 0.6) is 0 Å². The molecule has 1 aliphatic heterocycles. The number of sulfonamides is 1. The van der Waals surface area contributed by atoms with Gasteiger partial charge in [-0.05, 0) is 31.2 Å². The fourth-order valence-corrected chi connectivity index (χ4v) is 4.50. The van der Waals surface area contributed by atoms with Crippen LogP contribution >= 0.6 is 0 Å². The first-order valence-electron chi connectivity index (χ1n) is 9.19. The van der Waals surface area contributed by atoms with Gasteiger partial charge < -0.3 is 14.8 Å². The molecule has 0 aromatic carbocycles. The van der Waals surface area contributed by atoms with Crippen LogP contribution in [0.4, 0.5) is 17.5 Å². The van der Waals surface area contributed by atoms with Crippen molar-refractivity contribution in [2.24, 2.45) is 7.05 Å². The number of imidazole rings is 1. The zero-order valence-electron chi connectivity index (χ0n) is 16.2. The third kappa shape index (κ3) is 4.20. The summed E-state index contributed by atoms with van der Waals surface area (Å²) in [6, 6.07) is 9.42. The van der Waals surface area contributed by atoms with E-state index in [1.165, 1.54) is 16.8 Å². The topological polar surface area (TPSA) is 109 Å². The number of nitrogens with zero attached hydrogens (tertiary/aromatic N) is 7. The Labute approximate surface area is 169 Å². The minimum Gasteiger partial charge on any atom is -0.352 e.